The maximum Gasteiger partial charge on any atom is 0.134 e. The highest BCUT2D eigenvalue weighted by molar-refractivity contribution is 9.10. The molecule has 0 saturated heterocycles. The predicted molar refractivity (Wildman–Crippen MR) is 118 cm³/mol. The molecule has 0 heterocycles. The summed E-state index contributed by atoms with van der Waals surface area (Å²) < 4.78 is 12.0. The van der Waals surface area contributed by atoms with Crippen LogP contribution in [-0.2, 0) is 19.6 Å². The van der Waals surface area contributed by atoms with Gasteiger partial charge in [0.2, 0.25) is 0 Å². The minimum Gasteiger partial charge on any atom is -0.497 e. The van der Waals surface area contributed by atoms with Crippen molar-refractivity contribution in [2.75, 3.05) is 13.7 Å². The lowest BCUT2D eigenvalue weighted by Gasteiger charge is -2.11. The highest BCUT2D eigenvalue weighted by atomic mass is 79.9. The van der Waals surface area contributed by atoms with Gasteiger partial charge in [0.05, 0.1) is 11.6 Å². The van der Waals surface area contributed by atoms with E-state index < -0.39 is 0 Å². The Balaban J connectivity index is 1.44. The zero-order valence-electron chi connectivity index (χ0n) is 15.8. The van der Waals surface area contributed by atoms with E-state index in [2.05, 4.69) is 45.5 Å². The average Bonchev–Trinajstić information content (AvgIpc) is 2.72. The fourth-order valence-corrected chi connectivity index (χ4v) is 3.44. The van der Waals surface area contributed by atoms with Crippen LogP contribution in [0.3, 0.4) is 0 Å². The van der Waals surface area contributed by atoms with E-state index in [9.17, 15) is 0 Å². The molecule has 1 N–H and O–H groups in total. The van der Waals surface area contributed by atoms with Gasteiger partial charge in [-0.25, -0.2) is 0 Å². The van der Waals surface area contributed by atoms with Crippen molar-refractivity contribution in [3.05, 3.63) is 92.9 Å². The van der Waals surface area contributed by atoms with Gasteiger partial charge in [-0.3, -0.25) is 0 Å². The molecule has 28 heavy (non-hydrogen) atoms. The predicted octanol–water partition coefficient (Wildman–Crippen LogP) is 6.02. The van der Waals surface area contributed by atoms with Crippen LogP contribution in [0.2, 0.25) is 5.02 Å². The SMILES string of the molecule is COc1ccc(CCNCc2ccc(OCc3ccc(Cl)cc3)c(Br)c2)cc1. The van der Waals surface area contributed by atoms with E-state index in [1.165, 1.54) is 11.1 Å². The largest absolute Gasteiger partial charge is 0.497 e. The number of hydrogen-bond donors (Lipinski definition) is 1. The van der Waals surface area contributed by atoms with Crippen molar-refractivity contribution in [2.24, 2.45) is 0 Å². The summed E-state index contributed by atoms with van der Waals surface area (Å²) in [5.74, 6) is 1.72. The van der Waals surface area contributed by atoms with Crippen LogP contribution in [0.15, 0.2) is 71.2 Å². The second-order valence-electron chi connectivity index (χ2n) is 6.45. The zero-order valence-corrected chi connectivity index (χ0v) is 18.1. The summed E-state index contributed by atoms with van der Waals surface area (Å²) in [4.78, 5) is 0. The number of halogens is 2. The standard InChI is InChI=1S/C23H23BrClNO2/c1-27-21-9-4-17(5-10-21)12-13-26-15-19-6-11-23(22(24)14-19)28-16-18-2-7-20(25)8-3-18/h2-11,14,26H,12-13,15-16H2,1H3. The van der Waals surface area contributed by atoms with Crippen LogP contribution >= 0.6 is 27.5 Å². The molecule has 146 valence electrons. The maximum absolute atomic E-state index is 5.91. The summed E-state index contributed by atoms with van der Waals surface area (Å²) >= 11 is 9.52. The van der Waals surface area contributed by atoms with Gasteiger partial charge in [0, 0.05) is 11.6 Å². The number of benzene rings is 3. The molecule has 0 aliphatic carbocycles. The molecular formula is C23H23BrClNO2. The normalized spacial score (nSPS) is 10.7. The lowest BCUT2D eigenvalue weighted by molar-refractivity contribution is 0.304. The fraction of sp³-hybridized carbons (Fsp3) is 0.217. The van der Waals surface area contributed by atoms with Crippen molar-refractivity contribution in [3.8, 4) is 11.5 Å². The smallest absolute Gasteiger partial charge is 0.134 e. The first kappa shape index (κ1) is 20.7. The van der Waals surface area contributed by atoms with Gasteiger partial charge in [0.1, 0.15) is 18.1 Å². The van der Waals surface area contributed by atoms with Crippen LogP contribution in [-0.4, -0.2) is 13.7 Å². The van der Waals surface area contributed by atoms with Crippen molar-refractivity contribution >= 4 is 27.5 Å². The minimum absolute atomic E-state index is 0.509. The Bertz CT molecular complexity index is 882. The van der Waals surface area contributed by atoms with Gasteiger partial charge in [0.25, 0.3) is 0 Å². The molecule has 0 atom stereocenters. The molecule has 0 radical (unpaired) electrons. The highest BCUT2D eigenvalue weighted by Crippen LogP contribution is 2.27. The number of nitrogens with one attached hydrogen (secondary N) is 1. The molecule has 3 aromatic carbocycles. The molecular weight excluding hydrogens is 438 g/mol. The molecule has 3 nitrogen and oxygen atoms in total. The van der Waals surface area contributed by atoms with Gasteiger partial charge in [0.15, 0.2) is 0 Å². The van der Waals surface area contributed by atoms with Crippen molar-refractivity contribution < 1.29 is 9.47 Å². The monoisotopic (exact) mass is 459 g/mol. The number of hydrogen-bond acceptors (Lipinski definition) is 3. The Morgan fingerprint density at radius 3 is 2.25 bits per heavy atom. The van der Waals surface area contributed by atoms with Gasteiger partial charge in [-0.1, -0.05) is 41.9 Å². The van der Waals surface area contributed by atoms with Gasteiger partial charge in [-0.15, -0.1) is 0 Å². The second kappa shape index (κ2) is 10.5. The lowest BCUT2D eigenvalue weighted by Crippen LogP contribution is -2.16. The Hall–Kier alpha value is -2.01. The molecule has 0 aliphatic rings. The zero-order chi connectivity index (χ0) is 19.8. The number of ether oxygens (including phenoxy) is 2. The van der Waals surface area contributed by atoms with E-state index in [1.54, 1.807) is 7.11 Å². The Morgan fingerprint density at radius 1 is 0.893 bits per heavy atom. The minimum atomic E-state index is 0.509. The molecule has 0 bridgehead atoms. The molecule has 3 rings (SSSR count). The molecule has 0 aliphatic heterocycles. The summed E-state index contributed by atoms with van der Waals surface area (Å²) in [6, 6.07) is 22.1. The topological polar surface area (TPSA) is 30.5 Å². The first-order valence-electron chi connectivity index (χ1n) is 9.13. The van der Waals surface area contributed by atoms with Crippen LogP contribution in [0.25, 0.3) is 0 Å². The third-order valence-electron chi connectivity index (χ3n) is 4.38. The second-order valence-corrected chi connectivity index (χ2v) is 7.75. The first-order valence-corrected chi connectivity index (χ1v) is 10.3. The quantitative estimate of drug-likeness (QED) is 0.396. The fourth-order valence-electron chi connectivity index (χ4n) is 2.77. The third-order valence-corrected chi connectivity index (χ3v) is 5.25. The summed E-state index contributed by atoms with van der Waals surface area (Å²) in [5, 5.41) is 4.21. The molecule has 0 spiro atoms. The van der Waals surface area contributed by atoms with E-state index in [4.69, 9.17) is 21.1 Å². The summed E-state index contributed by atoms with van der Waals surface area (Å²) in [7, 11) is 1.68. The molecule has 0 unspecified atom stereocenters. The Kier molecular flexibility index (Phi) is 7.78. The summed E-state index contributed by atoms with van der Waals surface area (Å²) in [5.41, 5.74) is 3.58. The number of methoxy groups -OCH3 is 1. The van der Waals surface area contributed by atoms with Gasteiger partial charge >= 0.3 is 0 Å². The van der Waals surface area contributed by atoms with Gasteiger partial charge < -0.3 is 14.8 Å². The van der Waals surface area contributed by atoms with E-state index in [-0.39, 0.29) is 0 Å². The van der Waals surface area contributed by atoms with E-state index in [1.807, 2.05) is 42.5 Å². The van der Waals surface area contributed by atoms with Crippen LogP contribution in [0.4, 0.5) is 0 Å². The molecule has 0 aromatic heterocycles. The van der Waals surface area contributed by atoms with Crippen LogP contribution < -0.4 is 14.8 Å². The third kappa shape index (κ3) is 6.26. The number of rotatable bonds is 9. The van der Waals surface area contributed by atoms with Crippen molar-refractivity contribution in [1.29, 1.82) is 0 Å². The van der Waals surface area contributed by atoms with Crippen LogP contribution in [0, 0.1) is 0 Å². The van der Waals surface area contributed by atoms with E-state index in [0.29, 0.717) is 6.61 Å². The Morgan fingerprint density at radius 2 is 1.57 bits per heavy atom. The van der Waals surface area contributed by atoms with Crippen LogP contribution in [0.1, 0.15) is 16.7 Å². The van der Waals surface area contributed by atoms with Gasteiger partial charge in [-0.05, 0) is 82.0 Å². The summed E-state index contributed by atoms with van der Waals surface area (Å²) in [6.45, 7) is 2.24. The average molecular weight is 461 g/mol. The Labute approximate surface area is 179 Å². The molecule has 3 aromatic rings. The molecule has 0 amide bonds. The molecule has 0 saturated carbocycles. The summed E-state index contributed by atoms with van der Waals surface area (Å²) in [6.07, 6.45) is 0.980. The van der Waals surface area contributed by atoms with Crippen molar-refractivity contribution in [2.45, 2.75) is 19.6 Å². The first-order chi connectivity index (χ1) is 13.6. The van der Waals surface area contributed by atoms with Crippen molar-refractivity contribution in [3.63, 3.8) is 0 Å². The van der Waals surface area contributed by atoms with E-state index in [0.717, 1.165) is 46.1 Å². The lowest BCUT2D eigenvalue weighted by atomic mass is 10.1. The highest BCUT2D eigenvalue weighted by Gasteiger charge is 2.04. The molecule has 5 heteroatoms. The van der Waals surface area contributed by atoms with Crippen molar-refractivity contribution in [1.82, 2.24) is 5.32 Å². The van der Waals surface area contributed by atoms with E-state index >= 15 is 0 Å². The van der Waals surface area contributed by atoms with Crippen LogP contribution in [0.5, 0.6) is 11.5 Å². The van der Waals surface area contributed by atoms with Gasteiger partial charge in [-0.2, -0.15) is 0 Å². The maximum atomic E-state index is 5.91. The molecule has 0 fully saturated rings.